The number of carboxylic acids is 1. The first-order valence-electron chi connectivity index (χ1n) is 0.928. The van der Waals surface area contributed by atoms with E-state index >= 15 is 0 Å². The molecule has 2 radical (unpaired) electrons. The van der Waals surface area contributed by atoms with Crippen LogP contribution in [0.5, 0.6) is 0 Å². The number of aliphatic carboxylic acids is 1. The summed E-state index contributed by atoms with van der Waals surface area (Å²) < 4.78 is 0. The second-order valence-electron chi connectivity index (χ2n) is 0.519. The quantitative estimate of drug-likeness (QED) is 0.455. The summed E-state index contributed by atoms with van der Waals surface area (Å²) in [5.74, 6) is -0.833. The summed E-state index contributed by atoms with van der Waals surface area (Å²) in [5.41, 5.74) is 0. The average molecular weight is 506 g/mol. The molecule has 2 nitrogen and oxygen atoms in total. The summed E-state index contributed by atoms with van der Waals surface area (Å²) in [6, 6.07) is 0. The molecule has 0 fully saturated rings. The van der Waals surface area contributed by atoms with E-state index in [4.69, 9.17) is 9.90 Å². The van der Waals surface area contributed by atoms with Crippen molar-refractivity contribution >= 4 is 45.7 Å². The zero-order valence-corrected chi connectivity index (χ0v) is 16.0. The van der Waals surface area contributed by atoms with Crippen LogP contribution in [0, 0.1) is 0 Å². The molecule has 0 bridgehead atoms. The van der Waals surface area contributed by atoms with Crippen LogP contribution in [0.3, 0.4) is 0 Å². The summed E-state index contributed by atoms with van der Waals surface area (Å²) in [4.78, 5) is 9.00. The molecular formula is C2H7ClHgO2Pb. The van der Waals surface area contributed by atoms with Gasteiger partial charge in [-0.2, -0.15) is 0 Å². The van der Waals surface area contributed by atoms with Gasteiger partial charge < -0.3 is 5.11 Å². The van der Waals surface area contributed by atoms with Gasteiger partial charge in [-0.05, 0) is 0 Å². The van der Waals surface area contributed by atoms with E-state index < -0.39 is 5.97 Å². The second-order valence-corrected chi connectivity index (χ2v) is 0.519. The van der Waals surface area contributed by atoms with Crippen molar-refractivity contribution in [2.45, 2.75) is 6.92 Å². The Morgan fingerprint density at radius 1 is 1.57 bits per heavy atom. The normalized spacial score (nSPS) is 3.57. The molecule has 0 aliphatic heterocycles. The third kappa shape index (κ3) is 91.9. The van der Waals surface area contributed by atoms with Crippen LogP contribution in [0.1, 0.15) is 6.92 Å². The van der Waals surface area contributed by atoms with E-state index in [2.05, 4.69) is 0 Å². The van der Waals surface area contributed by atoms with Gasteiger partial charge in [-0.3, -0.25) is 4.79 Å². The van der Waals surface area contributed by atoms with Crippen LogP contribution < -0.4 is 0 Å². The first-order valence-corrected chi connectivity index (χ1v) is 0.928. The fourth-order valence-electron chi connectivity index (χ4n) is 0. The molecule has 1 N–H and O–H groups in total. The Balaban J connectivity index is -0.0000000150. The van der Waals surface area contributed by atoms with E-state index in [0.717, 1.165) is 6.92 Å². The molecule has 0 aliphatic carbocycles. The molecule has 7 heavy (non-hydrogen) atoms. The zero-order chi connectivity index (χ0) is 3.58. The maximum atomic E-state index is 9.00. The molecule has 0 spiro atoms. The molecule has 0 saturated carbocycles. The van der Waals surface area contributed by atoms with Crippen molar-refractivity contribution in [1.29, 1.82) is 0 Å². The van der Waals surface area contributed by atoms with Crippen molar-refractivity contribution in [2.24, 2.45) is 0 Å². The number of halogens is 1. The Morgan fingerprint density at radius 2 is 1.57 bits per heavy atom. The molecule has 0 atom stereocenters. The topological polar surface area (TPSA) is 37.3 Å². The SMILES string of the molecule is CC(=O)O.Cl.[Hg].[PbH2]. The summed E-state index contributed by atoms with van der Waals surface area (Å²) in [5, 5.41) is 7.42. The van der Waals surface area contributed by atoms with Gasteiger partial charge in [0, 0.05) is 34.6 Å². The predicted molar refractivity (Wildman–Crippen MR) is 29.1 cm³/mol. The summed E-state index contributed by atoms with van der Waals surface area (Å²) >= 11 is 0. The van der Waals surface area contributed by atoms with Gasteiger partial charge in [-0.25, -0.2) is 0 Å². The molecule has 0 amide bonds. The monoisotopic (exact) mass is 508 g/mol. The van der Waals surface area contributed by atoms with Gasteiger partial charge in [0.15, 0.2) is 0 Å². The Bertz CT molecular complexity index is 38.7. The maximum absolute atomic E-state index is 9.00. The van der Waals surface area contributed by atoms with E-state index in [9.17, 15) is 0 Å². The van der Waals surface area contributed by atoms with E-state index in [0.29, 0.717) is 0 Å². The van der Waals surface area contributed by atoms with Crippen LogP contribution in [0.4, 0.5) is 0 Å². The van der Waals surface area contributed by atoms with Gasteiger partial charge in [0.1, 0.15) is 0 Å². The van der Waals surface area contributed by atoms with Gasteiger partial charge in [0.25, 0.3) is 5.97 Å². The van der Waals surface area contributed by atoms with Crippen molar-refractivity contribution < 1.29 is 37.6 Å². The molecule has 0 aliphatic rings. The molecule has 0 aromatic carbocycles. The molecular weight excluding hydrogens is 499 g/mol. The summed E-state index contributed by atoms with van der Waals surface area (Å²) in [6.45, 7) is 1.08. The third-order valence-corrected chi connectivity index (χ3v) is 0. The minimum absolute atomic E-state index is 0. The van der Waals surface area contributed by atoms with Crippen LogP contribution in [0.2, 0.25) is 0 Å². The van der Waals surface area contributed by atoms with Gasteiger partial charge >= 0.3 is 27.3 Å². The summed E-state index contributed by atoms with van der Waals surface area (Å²) in [6.07, 6.45) is 0. The number of rotatable bonds is 0. The molecule has 0 saturated heterocycles. The summed E-state index contributed by atoms with van der Waals surface area (Å²) in [7, 11) is 0. The van der Waals surface area contributed by atoms with Crippen LogP contribution in [-0.4, -0.2) is 38.4 Å². The van der Waals surface area contributed by atoms with Gasteiger partial charge in [-0.1, -0.05) is 0 Å². The molecule has 0 aromatic rings. The standard InChI is InChI=1S/C2H4O2.ClH.Hg.Pb.2H/c1-2(3)4;;;;;/h1H3,(H,3,4);1H;;;;. The first kappa shape index (κ1) is 23.5. The number of carbonyl (C=O) groups is 1. The van der Waals surface area contributed by atoms with E-state index in [1.807, 2.05) is 0 Å². The van der Waals surface area contributed by atoms with Crippen LogP contribution in [0.15, 0.2) is 0 Å². The minimum atomic E-state index is -0.833. The Labute approximate surface area is 89.1 Å². The van der Waals surface area contributed by atoms with E-state index in [1.165, 1.54) is 0 Å². The predicted octanol–water partition coefficient (Wildman–Crippen LogP) is -0.406. The number of carboxylic acid groups (broad SMARTS) is 1. The van der Waals surface area contributed by atoms with E-state index in [1.54, 1.807) is 0 Å². The molecule has 0 heterocycles. The van der Waals surface area contributed by atoms with Crippen molar-refractivity contribution in [2.75, 3.05) is 0 Å². The van der Waals surface area contributed by atoms with Crippen molar-refractivity contribution in [3.05, 3.63) is 0 Å². The second kappa shape index (κ2) is 15.6. The van der Waals surface area contributed by atoms with Gasteiger partial charge in [0.05, 0.1) is 0 Å². The molecule has 5 heteroatoms. The van der Waals surface area contributed by atoms with Crippen LogP contribution in [0.25, 0.3) is 0 Å². The van der Waals surface area contributed by atoms with Crippen LogP contribution >= 0.6 is 12.4 Å². The fraction of sp³-hybridized carbons (Fsp3) is 0.500. The Morgan fingerprint density at radius 3 is 1.57 bits per heavy atom. The third-order valence-electron chi connectivity index (χ3n) is 0. The van der Waals surface area contributed by atoms with Crippen molar-refractivity contribution in [3.8, 4) is 0 Å². The number of hydrogen-bond acceptors (Lipinski definition) is 1. The molecule has 0 rings (SSSR count). The van der Waals surface area contributed by atoms with Crippen molar-refractivity contribution in [3.63, 3.8) is 0 Å². The fourth-order valence-corrected chi connectivity index (χ4v) is 0. The molecule has 0 aromatic heterocycles. The number of hydrogen-bond donors (Lipinski definition) is 1. The van der Waals surface area contributed by atoms with Crippen molar-refractivity contribution in [1.82, 2.24) is 0 Å². The molecule has 40 valence electrons. The van der Waals surface area contributed by atoms with E-state index in [-0.39, 0.29) is 67.4 Å². The Hall–Kier alpha value is 1.62. The molecule has 0 unspecified atom stereocenters. The van der Waals surface area contributed by atoms with Gasteiger partial charge in [0.2, 0.25) is 0 Å². The zero-order valence-electron chi connectivity index (χ0n) is 4.18. The first-order chi connectivity index (χ1) is 1.73. The Kier molecular flexibility index (Phi) is 52.4. The average Bonchev–Trinajstić information content (AvgIpc) is 0.811. The van der Waals surface area contributed by atoms with Gasteiger partial charge in [-0.15, -0.1) is 12.4 Å². The van der Waals surface area contributed by atoms with Crippen LogP contribution in [-0.2, 0) is 32.5 Å².